The summed E-state index contributed by atoms with van der Waals surface area (Å²) in [6.07, 6.45) is 2.69. The summed E-state index contributed by atoms with van der Waals surface area (Å²) < 4.78 is 5.63. The molecule has 9 heteroatoms. The van der Waals surface area contributed by atoms with E-state index >= 15 is 0 Å². The van der Waals surface area contributed by atoms with E-state index in [1.807, 2.05) is 19.9 Å². The smallest absolute Gasteiger partial charge is 0.373 e. The maximum Gasteiger partial charge on any atom is 0.373 e. The van der Waals surface area contributed by atoms with E-state index in [1.165, 1.54) is 12.5 Å². The third-order valence-electron chi connectivity index (χ3n) is 3.68. The van der Waals surface area contributed by atoms with E-state index in [2.05, 4.69) is 20.3 Å². The van der Waals surface area contributed by atoms with E-state index in [9.17, 15) is 10.1 Å². The monoisotopic (exact) mass is 371 g/mol. The first-order valence-electron chi connectivity index (χ1n) is 7.57. The number of nitrogens with zero attached hydrogens (tertiary/aromatic N) is 4. The number of hydrogen-bond donors (Lipinski definition) is 1. The molecule has 0 saturated carbocycles. The van der Waals surface area contributed by atoms with Gasteiger partial charge in [-0.1, -0.05) is 17.7 Å². The quantitative estimate of drug-likeness (QED) is 0.397. The minimum Gasteiger partial charge on any atom is -0.434 e. The topological polar surface area (TPSA) is 103 Å². The molecule has 0 amide bonds. The van der Waals surface area contributed by atoms with Crippen molar-refractivity contribution in [2.24, 2.45) is 0 Å². The lowest BCUT2D eigenvalue weighted by Gasteiger charge is -2.10. The van der Waals surface area contributed by atoms with Gasteiger partial charge in [0.1, 0.15) is 12.1 Å². The first-order valence-corrected chi connectivity index (χ1v) is 7.95. The number of anilines is 2. The molecule has 0 spiro atoms. The van der Waals surface area contributed by atoms with Crippen molar-refractivity contribution >= 4 is 28.8 Å². The number of ether oxygens (including phenoxy) is 1. The Morgan fingerprint density at radius 3 is 2.65 bits per heavy atom. The van der Waals surface area contributed by atoms with Crippen LogP contribution in [0.2, 0.25) is 5.15 Å². The summed E-state index contributed by atoms with van der Waals surface area (Å²) in [7, 11) is 0. The molecule has 0 unspecified atom stereocenters. The van der Waals surface area contributed by atoms with Gasteiger partial charge in [0, 0.05) is 6.20 Å². The van der Waals surface area contributed by atoms with Crippen molar-refractivity contribution in [3.8, 4) is 11.6 Å². The zero-order valence-corrected chi connectivity index (χ0v) is 14.7. The fourth-order valence-electron chi connectivity index (χ4n) is 2.19. The first kappa shape index (κ1) is 17.6. The summed E-state index contributed by atoms with van der Waals surface area (Å²) in [6, 6.07) is 8.65. The van der Waals surface area contributed by atoms with Gasteiger partial charge in [-0.2, -0.15) is 4.98 Å². The average molecular weight is 372 g/mol. The summed E-state index contributed by atoms with van der Waals surface area (Å²) in [5.41, 5.74) is 2.07. The van der Waals surface area contributed by atoms with Crippen molar-refractivity contribution in [3.63, 3.8) is 0 Å². The molecule has 132 valence electrons. The molecular formula is C17H14ClN5O3. The van der Waals surface area contributed by atoms with E-state index in [0.29, 0.717) is 11.4 Å². The summed E-state index contributed by atoms with van der Waals surface area (Å²) in [4.78, 5) is 22.7. The highest BCUT2D eigenvalue weighted by molar-refractivity contribution is 6.32. The number of nitro groups is 1. The van der Waals surface area contributed by atoms with Crippen LogP contribution in [-0.2, 0) is 0 Å². The molecule has 3 rings (SSSR count). The van der Waals surface area contributed by atoms with E-state index < -0.39 is 10.6 Å². The van der Waals surface area contributed by atoms with Crippen LogP contribution in [0, 0.1) is 24.0 Å². The molecule has 2 heterocycles. The molecule has 3 aromatic rings. The average Bonchev–Trinajstić information content (AvgIpc) is 2.60. The van der Waals surface area contributed by atoms with Crippen LogP contribution in [0.25, 0.3) is 0 Å². The van der Waals surface area contributed by atoms with E-state index in [1.54, 1.807) is 24.3 Å². The second-order valence-corrected chi connectivity index (χ2v) is 5.81. The summed E-state index contributed by atoms with van der Waals surface area (Å²) in [6.45, 7) is 3.89. The van der Waals surface area contributed by atoms with Gasteiger partial charge in [0.15, 0.2) is 5.15 Å². The first-order chi connectivity index (χ1) is 12.5. The Hall–Kier alpha value is -3.26. The minimum atomic E-state index is -0.608. The molecule has 1 aromatic carbocycles. The van der Waals surface area contributed by atoms with Gasteiger partial charge < -0.3 is 10.1 Å². The summed E-state index contributed by atoms with van der Waals surface area (Å²) >= 11 is 5.99. The largest absolute Gasteiger partial charge is 0.434 e. The van der Waals surface area contributed by atoms with Gasteiger partial charge in [-0.3, -0.25) is 10.1 Å². The van der Waals surface area contributed by atoms with Gasteiger partial charge in [0.05, 0.1) is 10.6 Å². The molecule has 0 fully saturated rings. The number of benzene rings is 1. The van der Waals surface area contributed by atoms with Crippen molar-refractivity contribution in [2.45, 2.75) is 13.8 Å². The van der Waals surface area contributed by atoms with Gasteiger partial charge in [0.25, 0.3) is 0 Å². The molecule has 26 heavy (non-hydrogen) atoms. The van der Waals surface area contributed by atoms with Gasteiger partial charge in [-0.25, -0.2) is 9.97 Å². The van der Waals surface area contributed by atoms with Crippen molar-refractivity contribution in [2.75, 3.05) is 5.32 Å². The van der Waals surface area contributed by atoms with Crippen LogP contribution in [0.15, 0.2) is 42.9 Å². The molecule has 0 saturated heterocycles. The van der Waals surface area contributed by atoms with Crippen molar-refractivity contribution in [1.82, 2.24) is 15.0 Å². The van der Waals surface area contributed by atoms with Crippen LogP contribution in [0.5, 0.6) is 11.6 Å². The molecule has 0 bridgehead atoms. The molecule has 0 aliphatic rings. The van der Waals surface area contributed by atoms with Crippen molar-refractivity contribution in [1.29, 1.82) is 0 Å². The Labute approximate surface area is 154 Å². The van der Waals surface area contributed by atoms with Crippen LogP contribution in [0.4, 0.5) is 17.2 Å². The van der Waals surface area contributed by atoms with Gasteiger partial charge in [-0.15, -0.1) is 0 Å². The predicted octanol–water partition coefficient (Wildman–Crippen LogP) is 4.59. The minimum absolute atomic E-state index is 0.0428. The standard InChI is InChI=1S/C17H14ClN5O3/c1-10-5-6-12(8-11(10)2)26-17-14(23(24)25)16(20-9-21-17)22-13-4-3-7-19-15(13)18/h3-9H,1-2H3,(H,20,21,22). The van der Waals surface area contributed by atoms with Crippen LogP contribution in [0.3, 0.4) is 0 Å². The Bertz CT molecular complexity index is 980. The molecule has 8 nitrogen and oxygen atoms in total. The highest BCUT2D eigenvalue weighted by Gasteiger charge is 2.25. The van der Waals surface area contributed by atoms with Crippen LogP contribution < -0.4 is 10.1 Å². The molecule has 2 aromatic heterocycles. The maximum absolute atomic E-state index is 11.6. The predicted molar refractivity (Wildman–Crippen MR) is 97.2 cm³/mol. The molecule has 0 aliphatic heterocycles. The van der Waals surface area contributed by atoms with E-state index in [4.69, 9.17) is 16.3 Å². The fourth-order valence-corrected chi connectivity index (χ4v) is 2.36. The number of aryl methyl sites for hydroxylation is 2. The number of nitrogens with one attached hydrogen (secondary N) is 1. The number of hydrogen-bond acceptors (Lipinski definition) is 7. The zero-order valence-electron chi connectivity index (χ0n) is 13.9. The normalized spacial score (nSPS) is 10.4. The van der Waals surface area contributed by atoms with Crippen LogP contribution in [-0.4, -0.2) is 19.9 Å². The van der Waals surface area contributed by atoms with Crippen molar-refractivity contribution < 1.29 is 9.66 Å². The number of pyridine rings is 1. The molecule has 1 N–H and O–H groups in total. The molecule has 0 aliphatic carbocycles. The van der Waals surface area contributed by atoms with Crippen LogP contribution >= 0.6 is 11.6 Å². The Morgan fingerprint density at radius 1 is 1.15 bits per heavy atom. The van der Waals surface area contributed by atoms with Gasteiger partial charge in [0.2, 0.25) is 5.82 Å². The second-order valence-electron chi connectivity index (χ2n) is 5.45. The molecular weight excluding hydrogens is 358 g/mol. The van der Waals surface area contributed by atoms with Crippen LogP contribution in [0.1, 0.15) is 11.1 Å². The number of halogens is 1. The van der Waals surface area contributed by atoms with Gasteiger partial charge in [-0.05, 0) is 49.2 Å². The van der Waals surface area contributed by atoms with E-state index in [0.717, 1.165) is 11.1 Å². The SMILES string of the molecule is Cc1ccc(Oc2ncnc(Nc3cccnc3Cl)c2[N+](=O)[O-])cc1C. The maximum atomic E-state index is 11.6. The Balaban J connectivity index is 1.99. The lowest BCUT2D eigenvalue weighted by Crippen LogP contribution is -2.04. The fraction of sp³-hybridized carbons (Fsp3) is 0.118. The molecule has 0 radical (unpaired) electrons. The lowest BCUT2D eigenvalue weighted by molar-refractivity contribution is -0.385. The van der Waals surface area contributed by atoms with Crippen molar-refractivity contribution in [3.05, 3.63) is 69.3 Å². The second kappa shape index (κ2) is 7.32. The molecule has 0 atom stereocenters. The number of aromatic nitrogens is 3. The third kappa shape index (κ3) is 3.70. The third-order valence-corrected chi connectivity index (χ3v) is 3.98. The van der Waals surface area contributed by atoms with Gasteiger partial charge >= 0.3 is 11.6 Å². The Morgan fingerprint density at radius 2 is 1.96 bits per heavy atom. The highest BCUT2D eigenvalue weighted by Crippen LogP contribution is 2.36. The number of rotatable bonds is 5. The Kier molecular flexibility index (Phi) is 4.94. The summed E-state index contributed by atoms with van der Waals surface area (Å²) in [5.74, 6) is 0.231. The van der Waals surface area contributed by atoms with E-state index in [-0.39, 0.29) is 16.9 Å². The summed E-state index contributed by atoms with van der Waals surface area (Å²) in [5, 5.41) is 14.6. The zero-order chi connectivity index (χ0) is 18.7. The lowest BCUT2D eigenvalue weighted by atomic mass is 10.1. The highest BCUT2D eigenvalue weighted by atomic mass is 35.5.